The predicted octanol–water partition coefficient (Wildman–Crippen LogP) is 1.94. The highest BCUT2D eigenvalue weighted by Crippen LogP contribution is 2.27. The van der Waals surface area contributed by atoms with E-state index in [-0.39, 0.29) is 18.7 Å². The number of nitrogens with one attached hydrogen (secondary N) is 1. The van der Waals surface area contributed by atoms with Crippen LogP contribution in [0.15, 0.2) is 30.7 Å². The number of aryl methyl sites for hydroxylation is 2. The predicted molar refractivity (Wildman–Crippen MR) is 104 cm³/mol. The minimum absolute atomic E-state index is 0.0523. The molecule has 4 rings (SSSR count). The average molecular weight is 381 g/mol. The van der Waals surface area contributed by atoms with Crippen molar-refractivity contribution in [3.8, 4) is 11.3 Å². The first kappa shape index (κ1) is 18.2. The zero-order chi connectivity index (χ0) is 19.8. The van der Waals surface area contributed by atoms with Gasteiger partial charge in [-0.1, -0.05) is 0 Å². The Hall–Kier alpha value is -3.20. The van der Waals surface area contributed by atoms with Crippen LogP contribution in [0, 0.1) is 6.92 Å². The van der Waals surface area contributed by atoms with Gasteiger partial charge in [0.25, 0.3) is 0 Å². The first-order valence-corrected chi connectivity index (χ1v) is 9.20. The van der Waals surface area contributed by atoms with E-state index in [1.165, 1.54) is 0 Å². The number of aliphatic hydroxyl groups excluding tert-OH is 1. The molecule has 1 aliphatic rings. The van der Waals surface area contributed by atoms with Gasteiger partial charge in [-0.2, -0.15) is 5.10 Å². The summed E-state index contributed by atoms with van der Waals surface area (Å²) in [5, 5.41) is 16.7. The molecule has 0 unspecified atom stereocenters. The number of hydrogen-bond acceptors (Lipinski definition) is 6. The highest BCUT2D eigenvalue weighted by molar-refractivity contribution is 5.82. The molecule has 0 saturated heterocycles. The number of fused-ring (bicyclic) bond motifs is 1. The van der Waals surface area contributed by atoms with Gasteiger partial charge in [-0.15, -0.1) is 0 Å². The van der Waals surface area contributed by atoms with E-state index in [0.29, 0.717) is 12.5 Å². The van der Waals surface area contributed by atoms with E-state index in [2.05, 4.69) is 20.4 Å². The Balaban J connectivity index is 1.66. The minimum atomic E-state index is -0.206. The molecular formula is C19H23N7O2. The lowest BCUT2D eigenvalue weighted by atomic mass is 10.1. The molecule has 0 aromatic carbocycles. The molecule has 3 aromatic heterocycles. The van der Waals surface area contributed by atoms with E-state index in [9.17, 15) is 9.90 Å². The summed E-state index contributed by atoms with van der Waals surface area (Å²) in [6, 6.07) is 3.52. The second-order valence-corrected chi connectivity index (χ2v) is 7.04. The maximum atomic E-state index is 12.8. The first-order chi connectivity index (χ1) is 13.5. The number of carbonyl (C=O) groups is 1. The van der Waals surface area contributed by atoms with E-state index in [0.717, 1.165) is 34.8 Å². The third-order valence-corrected chi connectivity index (χ3v) is 5.06. The van der Waals surface area contributed by atoms with Gasteiger partial charge < -0.3 is 15.3 Å². The van der Waals surface area contributed by atoms with Gasteiger partial charge in [-0.3, -0.25) is 9.25 Å². The molecule has 0 spiro atoms. The molecule has 3 aromatic rings. The van der Waals surface area contributed by atoms with Crippen molar-refractivity contribution in [3.05, 3.63) is 42.0 Å². The Bertz CT molecular complexity index is 1020. The molecule has 9 nitrogen and oxygen atoms in total. The van der Waals surface area contributed by atoms with Crippen molar-refractivity contribution in [2.24, 2.45) is 7.05 Å². The lowest BCUT2D eigenvalue weighted by Crippen LogP contribution is -2.47. The van der Waals surface area contributed by atoms with Crippen molar-refractivity contribution in [2.75, 3.05) is 18.5 Å². The summed E-state index contributed by atoms with van der Waals surface area (Å²) >= 11 is 0. The fraction of sp³-hybridized carbons (Fsp3) is 0.368. The van der Waals surface area contributed by atoms with Gasteiger partial charge in [0.15, 0.2) is 0 Å². The molecule has 1 amide bonds. The molecule has 0 saturated carbocycles. The number of aromatic nitrogens is 5. The summed E-state index contributed by atoms with van der Waals surface area (Å²) < 4.78 is 3.36. The molecule has 0 bridgehead atoms. The molecule has 9 heteroatoms. The average Bonchev–Trinajstić information content (AvgIpc) is 3.30. The minimum Gasteiger partial charge on any atom is -0.394 e. The summed E-state index contributed by atoms with van der Waals surface area (Å²) in [7, 11) is 1.84. The standard InChI is InChI=1S/C19H23N7O2/c1-12-9-20-18(22-16-4-6-21-24(16)3)23-17(12)14-8-15-5-7-25(13(2)11-27)19(28)26(15)10-14/h4,6,8-10,13,27H,5,7,11H2,1-3H3,(H,20,22,23)/t13-/m1/s1. The van der Waals surface area contributed by atoms with E-state index in [1.54, 1.807) is 26.5 Å². The largest absolute Gasteiger partial charge is 0.394 e. The highest BCUT2D eigenvalue weighted by Gasteiger charge is 2.28. The Kier molecular flexibility index (Phi) is 4.60. The Morgan fingerprint density at radius 3 is 2.93 bits per heavy atom. The molecule has 1 aliphatic heterocycles. The molecule has 2 N–H and O–H groups in total. The van der Waals surface area contributed by atoms with E-state index >= 15 is 0 Å². The normalized spacial score (nSPS) is 14.9. The van der Waals surface area contributed by atoms with Gasteiger partial charge in [-0.25, -0.2) is 14.8 Å². The maximum Gasteiger partial charge on any atom is 0.328 e. The number of carbonyl (C=O) groups excluding carboxylic acids is 1. The first-order valence-electron chi connectivity index (χ1n) is 9.20. The molecule has 146 valence electrons. The zero-order valence-electron chi connectivity index (χ0n) is 16.1. The van der Waals surface area contributed by atoms with Gasteiger partial charge in [0.2, 0.25) is 5.95 Å². The Labute approximate surface area is 162 Å². The van der Waals surface area contributed by atoms with Crippen LogP contribution in [0.5, 0.6) is 0 Å². The smallest absolute Gasteiger partial charge is 0.328 e. The van der Waals surface area contributed by atoms with Crippen molar-refractivity contribution >= 4 is 17.8 Å². The van der Waals surface area contributed by atoms with Crippen LogP contribution < -0.4 is 5.32 Å². The molecule has 4 heterocycles. The maximum absolute atomic E-state index is 12.8. The fourth-order valence-corrected chi connectivity index (χ4v) is 3.39. The van der Waals surface area contributed by atoms with Crippen molar-refractivity contribution < 1.29 is 9.90 Å². The van der Waals surface area contributed by atoms with Crippen LogP contribution in [-0.2, 0) is 13.5 Å². The van der Waals surface area contributed by atoms with Crippen LogP contribution in [-0.4, -0.2) is 59.5 Å². The highest BCUT2D eigenvalue weighted by atomic mass is 16.3. The quantitative estimate of drug-likeness (QED) is 0.700. The third kappa shape index (κ3) is 3.13. The molecule has 0 fully saturated rings. The van der Waals surface area contributed by atoms with Crippen LogP contribution in [0.2, 0.25) is 0 Å². The molecular weight excluding hydrogens is 358 g/mol. The number of nitrogens with zero attached hydrogens (tertiary/aromatic N) is 6. The van der Waals surface area contributed by atoms with Crippen molar-refractivity contribution in [3.63, 3.8) is 0 Å². The van der Waals surface area contributed by atoms with Gasteiger partial charge in [0.05, 0.1) is 24.5 Å². The topological polar surface area (TPSA) is 101 Å². The van der Waals surface area contributed by atoms with Gasteiger partial charge in [0, 0.05) is 49.7 Å². The summed E-state index contributed by atoms with van der Waals surface area (Å²) in [6.07, 6.45) is 6.02. The fourth-order valence-electron chi connectivity index (χ4n) is 3.39. The number of anilines is 2. The molecule has 0 aliphatic carbocycles. The van der Waals surface area contributed by atoms with Gasteiger partial charge >= 0.3 is 6.03 Å². The van der Waals surface area contributed by atoms with Crippen molar-refractivity contribution in [1.29, 1.82) is 0 Å². The SMILES string of the molecule is Cc1cnc(Nc2ccnn2C)nc1-c1cc2n(c1)C(=O)N([C@H](C)CO)CC2. The van der Waals surface area contributed by atoms with Crippen LogP contribution >= 0.6 is 0 Å². The third-order valence-electron chi connectivity index (χ3n) is 5.06. The second kappa shape index (κ2) is 7.08. The summed E-state index contributed by atoms with van der Waals surface area (Å²) in [6.45, 7) is 4.34. The monoisotopic (exact) mass is 381 g/mol. The van der Waals surface area contributed by atoms with Crippen LogP contribution in [0.3, 0.4) is 0 Å². The Morgan fingerprint density at radius 1 is 1.39 bits per heavy atom. The number of amides is 1. The second-order valence-electron chi connectivity index (χ2n) is 7.04. The van der Waals surface area contributed by atoms with E-state index < -0.39 is 0 Å². The number of aliphatic hydroxyl groups is 1. The van der Waals surface area contributed by atoms with Crippen LogP contribution in [0.4, 0.5) is 16.6 Å². The van der Waals surface area contributed by atoms with Crippen LogP contribution in [0.25, 0.3) is 11.3 Å². The number of rotatable bonds is 5. The molecule has 1 atom stereocenters. The van der Waals surface area contributed by atoms with E-state index in [4.69, 9.17) is 0 Å². The molecule has 28 heavy (non-hydrogen) atoms. The summed E-state index contributed by atoms with van der Waals surface area (Å²) in [4.78, 5) is 23.5. The lowest BCUT2D eigenvalue weighted by molar-refractivity contribution is 0.136. The lowest BCUT2D eigenvalue weighted by Gasteiger charge is -2.32. The van der Waals surface area contributed by atoms with Gasteiger partial charge in [-0.05, 0) is 25.5 Å². The Morgan fingerprint density at radius 2 is 2.21 bits per heavy atom. The van der Waals surface area contributed by atoms with Crippen molar-refractivity contribution in [1.82, 2.24) is 29.2 Å². The van der Waals surface area contributed by atoms with Crippen LogP contribution in [0.1, 0.15) is 18.2 Å². The number of hydrogen-bond donors (Lipinski definition) is 2. The summed E-state index contributed by atoms with van der Waals surface area (Å²) in [5.74, 6) is 1.25. The molecule has 0 radical (unpaired) electrons. The van der Waals surface area contributed by atoms with Crippen molar-refractivity contribution in [2.45, 2.75) is 26.3 Å². The zero-order valence-corrected chi connectivity index (χ0v) is 16.1. The van der Waals surface area contributed by atoms with E-state index in [1.807, 2.05) is 39.2 Å². The summed E-state index contributed by atoms with van der Waals surface area (Å²) in [5.41, 5.74) is 3.51. The van der Waals surface area contributed by atoms with Gasteiger partial charge in [0.1, 0.15) is 5.82 Å².